The first kappa shape index (κ1) is 7.30. The van der Waals surface area contributed by atoms with Crippen LogP contribution in [0.1, 0.15) is 0 Å². The molecule has 0 aliphatic carbocycles. The maximum absolute atomic E-state index is 4.71. The van der Waals surface area contributed by atoms with E-state index in [-0.39, 0.29) is 0 Å². The second kappa shape index (κ2) is 3.32. The predicted molar refractivity (Wildman–Crippen MR) is 33.0 cm³/mol. The van der Waals surface area contributed by atoms with Crippen molar-refractivity contribution in [3.05, 3.63) is 12.5 Å². The van der Waals surface area contributed by atoms with Crippen LogP contribution in [0.15, 0.2) is 12.5 Å². The van der Waals surface area contributed by atoms with E-state index in [1.807, 2.05) is 14.1 Å². The van der Waals surface area contributed by atoms with Crippen LogP contribution >= 0.6 is 0 Å². The zero-order valence-electron chi connectivity index (χ0n) is 5.56. The van der Waals surface area contributed by atoms with Crippen molar-refractivity contribution >= 4 is 0 Å². The summed E-state index contributed by atoms with van der Waals surface area (Å²) in [5, 5.41) is 1.76. The highest BCUT2D eigenvalue weighted by Crippen LogP contribution is 1.81. The summed E-state index contributed by atoms with van der Waals surface area (Å²) < 4.78 is 4.71. The molecule has 0 saturated carbocycles. The van der Waals surface area contributed by atoms with E-state index in [2.05, 4.69) is 12.0 Å². The van der Waals surface area contributed by atoms with E-state index >= 15 is 0 Å². The molecule has 0 aliphatic rings. The Labute approximate surface area is 49.9 Å². The first-order valence-electron chi connectivity index (χ1n) is 2.33. The van der Waals surface area contributed by atoms with Crippen molar-refractivity contribution in [3.8, 4) is 0 Å². The number of hydrogen-bond acceptors (Lipinski definition) is 3. The lowest BCUT2D eigenvalue weighted by Gasteiger charge is -2.13. The third-order valence-electron chi connectivity index (χ3n) is 0.595. The van der Waals surface area contributed by atoms with Gasteiger partial charge in [-0.15, -0.1) is 0 Å². The van der Waals surface area contributed by atoms with E-state index in [4.69, 9.17) is 4.74 Å². The van der Waals surface area contributed by atoms with E-state index < -0.39 is 0 Å². The van der Waals surface area contributed by atoms with Gasteiger partial charge in [-0.2, -0.15) is 0 Å². The van der Waals surface area contributed by atoms with Crippen LogP contribution in [0.4, 0.5) is 0 Å². The lowest BCUT2D eigenvalue weighted by molar-refractivity contribution is 0.190. The predicted octanol–water partition coefficient (Wildman–Crippen LogP) is 0.170. The number of nitrogens with one attached hydrogen (secondary N) is 1. The van der Waals surface area contributed by atoms with Gasteiger partial charge in [-0.3, -0.25) is 5.43 Å². The molecular formula is C5H12N2O. The molecule has 0 unspecified atom stereocenters. The molecule has 48 valence electrons. The summed E-state index contributed by atoms with van der Waals surface area (Å²) in [6, 6.07) is 0. The Balaban J connectivity index is 3.25. The lowest BCUT2D eigenvalue weighted by Crippen LogP contribution is -2.29. The fourth-order valence-electron chi connectivity index (χ4n) is 0.295. The molecule has 0 aromatic heterocycles. The summed E-state index contributed by atoms with van der Waals surface area (Å²) in [4.78, 5) is 0. The van der Waals surface area contributed by atoms with Crippen molar-refractivity contribution in [2.24, 2.45) is 0 Å². The first-order valence-corrected chi connectivity index (χ1v) is 2.33. The Morgan fingerprint density at radius 3 is 2.25 bits per heavy atom. The van der Waals surface area contributed by atoms with Crippen molar-refractivity contribution in [2.75, 3.05) is 21.2 Å². The number of nitrogens with zero attached hydrogens (tertiary/aromatic N) is 1. The number of methoxy groups -OCH3 is 1. The molecule has 0 rings (SSSR count). The molecule has 0 heterocycles. The highest BCUT2D eigenvalue weighted by Gasteiger charge is 1.87. The molecule has 0 saturated heterocycles. The van der Waals surface area contributed by atoms with Crippen molar-refractivity contribution in [2.45, 2.75) is 0 Å². The summed E-state index contributed by atoms with van der Waals surface area (Å²) in [6.07, 6.45) is 0. The van der Waals surface area contributed by atoms with Crippen LogP contribution in [0.3, 0.4) is 0 Å². The minimum atomic E-state index is 0.551. The molecular weight excluding hydrogens is 104 g/mol. The molecule has 0 amide bonds. The number of rotatable bonds is 3. The van der Waals surface area contributed by atoms with Gasteiger partial charge in [0.1, 0.15) is 0 Å². The van der Waals surface area contributed by atoms with Gasteiger partial charge in [0.05, 0.1) is 7.11 Å². The minimum absolute atomic E-state index is 0.551. The fraction of sp³-hybridized carbons (Fsp3) is 0.600. The van der Waals surface area contributed by atoms with Gasteiger partial charge in [-0.1, -0.05) is 0 Å². The number of ether oxygens (including phenoxy) is 1. The smallest absolute Gasteiger partial charge is 0.193 e. The molecule has 0 aromatic carbocycles. The Morgan fingerprint density at radius 1 is 1.62 bits per heavy atom. The molecule has 0 aromatic rings. The Morgan fingerprint density at radius 2 is 2.12 bits per heavy atom. The Kier molecular flexibility index (Phi) is 3.03. The maximum Gasteiger partial charge on any atom is 0.193 e. The van der Waals surface area contributed by atoms with Crippen LogP contribution in [0, 0.1) is 0 Å². The quantitative estimate of drug-likeness (QED) is 0.420. The van der Waals surface area contributed by atoms with Gasteiger partial charge in [-0.05, 0) is 6.58 Å². The highest BCUT2D eigenvalue weighted by atomic mass is 16.5. The van der Waals surface area contributed by atoms with Crippen LogP contribution < -0.4 is 5.43 Å². The maximum atomic E-state index is 4.71. The summed E-state index contributed by atoms with van der Waals surface area (Å²) in [7, 11) is 5.30. The molecule has 1 N–H and O–H groups in total. The van der Waals surface area contributed by atoms with E-state index in [0.717, 1.165) is 0 Å². The van der Waals surface area contributed by atoms with E-state index in [1.54, 1.807) is 12.1 Å². The average molecular weight is 116 g/mol. The topological polar surface area (TPSA) is 24.5 Å². The highest BCUT2D eigenvalue weighted by molar-refractivity contribution is 4.74. The van der Waals surface area contributed by atoms with Crippen molar-refractivity contribution in [1.29, 1.82) is 0 Å². The molecule has 0 bridgehead atoms. The zero-order chi connectivity index (χ0) is 6.57. The Hall–Kier alpha value is -0.700. The zero-order valence-corrected chi connectivity index (χ0v) is 5.56. The van der Waals surface area contributed by atoms with Crippen LogP contribution in [-0.4, -0.2) is 26.2 Å². The third kappa shape index (κ3) is 3.49. The summed E-state index contributed by atoms with van der Waals surface area (Å²) in [5.74, 6) is 0.551. The summed E-state index contributed by atoms with van der Waals surface area (Å²) in [6.45, 7) is 3.54. The van der Waals surface area contributed by atoms with Crippen LogP contribution in [0.25, 0.3) is 0 Å². The summed E-state index contributed by atoms with van der Waals surface area (Å²) in [5.41, 5.74) is 2.81. The van der Waals surface area contributed by atoms with Gasteiger partial charge in [0.15, 0.2) is 5.88 Å². The van der Waals surface area contributed by atoms with E-state index in [9.17, 15) is 0 Å². The summed E-state index contributed by atoms with van der Waals surface area (Å²) >= 11 is 0. The molecule has 3 heteroatoms. The first-order chi connectivity index (χ1) is 3.66. The number of hydrazine groups is 1. The normalized spacial score (nSPS) is 9.00. The molecule has 0 radical (unpaired) electrons. The minimum Gasteiger partial charge on any atom is -0.482 e. The standard InChI is InChI=1S/C5H12N2O/c1-5(8-4)6-7(2)3/h6H,1H2,2-4H3. The molecule has 8 heavy (non-hydrogen) atoms. The molecule has 3 nitrogen and oxygen atoms in total. The second-order valence-electron chi connectivity index (χ2n) is 1.63. The lowest BCUT2D eigenvalue weighted by atomic mass is 10.9. The van der Waals surface area contributed by atoms with Gasteiger partial charge < -0.3 is 4.74 Å². The molecule has 0 aliphatic heterocycles. The van der Waals surface area contributed by atoms with Crippen molar-refractivity contribution < 1.29 is 4.74 Å². The molecule has 0 spiro atoms. The second-order valence-corrected chi connectivity index (χ2v) is 1.63. The van der Waals surface area contributed by atoms with E-state index in [0.29, 0.717) is 5.88 Å². The van der Waals surface area contributed by atoms with E-state index in [1.165, 1.54) is 0 Å². The van der Waals surface area contributed by atoms with Crippen LogP contribution in [-0.2, 0) is 4.74 Å². The Bertz CT molecular complexity index is 80.5. The van der Waals surface area contributed by atoms with Gasteiger partial charge in [0.2, 0.25) is 0 Å². The largest absolute Gasteiger partial charge is 0.482 e. The van der Waals surface area contributed by atoms with Crippen LogP contribution in [0.5, 0.6) is 0 Å². The van der Waals surface area contributed by atoms with Crippen LogP contribution in [0.2, 0.25) is 0 Å². The average Bonchev–Trinajstić information content (AvgIpc) is 1.65. The fourth-order valence-corrected chi connectivity index (χ4v) is 0.295. The molecule has 0 fully saturated rings. The molecule has 0 atom stereocenters. The monoisotopic (exact) mass is 116 g/mol. The van der Waals surface area contributed by atoms with Gasteiger partial charge in [0.25, 0.3) is 0 Å². The van der Waals surface area contributed by atoms with Gasteiger partial charge >= 0.3 is 0 Å². The third-order valence-corrected chi connectivity index (χ3v) is 0.595. The SMILES string of the molecule is C=C(NN(C)C)OC. The number of hydrogen-bond donors (Lipinski definition) is 1. The van der Waals surface area contributed by atoms with Gasteiger partial charge in [0, 0.05) is 14.1 Å². The van der Waals surface area contributed by atoms with Crippen molar-refractivity contribution in [1.82, 2.24) is 10.4 Å². The van der Waals surface area contributed by atoms with Gasteiger partial charge in [-0.25, -0.2) is 5.01 Å². The van der Waals surface area contributed by atoms with Crippen molar-refractivity contribution in [3.63, 3.8) is 0 Å².